The molecule has 5 saturated carbocycles. The molecule has 2 N–H and O–H groups in total. The van der Waals surface area contributed by atoms with E-state index >= 15 is 0 Å². The molecule has 0 heterocycles. The second-order valence-electron chi connectivity index (χ2n) is 8.22. The van der Waals surface area contributed by atoms with Crippen LogP contribution in [0.2, 0.25) is 0 Å². The molecular weight excluding hydrogens is 260 g/mol. The topological polar surface area (TPSA) is 46.3 Å². The SMILES string of the molecule is NCCCN(C(=O)C1C2CC3CC(C2)CC1C3)C1CCC1. The van der Waals surface area contributed by atoms with E-state index in [1.54, 1.807) is 0 Å². The minimum absolute atomic E-state index is 0.371. The Labute approximate surface area is 128 Å². The predicted octanol–water partition coefficient (Wildman–Crippen LogP) is 2.79. The van der Waals surface area contributed by atoms with Crippen LogP contribution in [0.3, 0.4) is 0 Å². The summed E-state index contributed by atoms with van der Waals surface area (Å²) in [5.74, 6) is 4.23. The molecule has 0 unspecified atom stereocenters. The Bertz CT molecular complexity index is 376. The fraction of sp³-hybridized carbons (Fsp3) is 0.944. The van der Waals surface area contributed by atoms with Gasteiger partial charge in [0.2, 0.25) is 5.91 Å². The van der Waals surface area contributed by atoms with Crippen LogP contribution in [0.15, 0.2) is 0 Å². The van der Waals surface area contributed by atoms with Gasteiger partial charge in [-0.2, -0.15) is 0 Å². The molecule has 21 heavy (non-hydrogen) atoms. The third-order valence-corrected chi connectivity index (χ3v) is 6.91. The number of nitrogens with two attached hydrogens (primary N) is 1. The van der Waals surface area contributed by atoms with Gasteiger partial charge in [-0.15, -0.1) is 0 Å². The zero-order valence-corrected chi connectivity index (χ0v) is 13.2. The van der Waals surface area contributed by atoms with E-state index in [2.05, 4.69) is 4.90 Å². The van der Waals surface area contributed by atoms with Gasteiger partial charge in [0.25, 0.3) is 0 Å². The molecular formula is C18H30N2O. The molecule has 0 aromatic heterocycles. The molecule has 0 atom stereocenters. The lowest BCUT2D eigenvalue weighted by Gasteiger charge is -2.55. The van der Waals surface area contributed by atoms with Crippen LogP contribution in [0.1, 0.15) is 57.8 Å². The number of amides is 1. The molecule has 3 heteroatoms. The third kappa shape index (κ3) is 2.42. The molecule has 1 amide bonds. The van der Waals surface area contributed by atoms with Gasteiger partial charge in [0, 0.05) is 18.5 Å². The first-order valence-electron chi connectivity index (χ1n) is 9.26. The summed E-state index contributed by atoms with van der Waals surface area (Å²) in [6.45, 7) is 1.61. The van der Waals surface area contributed by atoms with Crippen molar-refractivity contribution in [3.63, 3.8) is 0 Å². The molecule has 0 spiro atoms. The molecule has 5 fully saturated rings. The minimum Gasteiger partial charge on any atom is -0.339 e. The Kier molecular flexibility index (Phi) is 3.72. The normalized spacial score (nSPS) is 41.1. The van der Waals surface area contributed by atoms with E-state index in [0.717, 1.165) is 24.8 Å². The van der Waals surface area contributed by atoms with Crippen molar-refractivity contribution in [3.05, 3.63) is 0 Å². The fourth-order valence-corrected chi connectivity index (χ4v) is 5.95. The van der Waals surface area contributed by atoms with Crippen molar-refractivity contribution in [2.45, 2.75) is 63.8 Å². The maximum absolute atomic E-state index is 13.3. The maximum Gasteiger partial charge on any atom is 0.226 e. The van der Waals surface area contributed by atoms with E-state index in [-0.39, 0.29) is 0 Å². The van der Waals surface area contributed by atoms with E-state index in [4.69, 9.17) is 5.73 Å². The summed E-state index contributed by atoms with van der Waals surface area (Å²) in [7, 11) is 0. The van der Waals surface area contributed by atoms with Crippen LogP contribution < -0.4 is 5.73 Å². The second-order valence-corrected chi connectivity index (χ2v) is 8.22. The molecule has 5 aliphatic rings. The predicted molar refractivity (Wildman–Crippen MR) is 83.6 cm³/mol. The average Bonchev–Trinajstić information content (AvgIpc) is 2.39. The lowest BCUT2D eigenvalue weighted by molar-refractivity contribution is -0.153. The Morgan fingerprint density at radius 2 is 1.62 bits per heavy atom. The summed E-state index contributed by atoms with van der Waals surface area (Å²) in [6, 6.07) is 0.543. The van der Waals surface area contributed by atoms with E-state index in [1.165, 1.54) is 51.4 Å². The van der Waals surface area contributed by atoms with Crippen LogP contribution in [0, 0.1) is 29.6 Å². The van der Waals surface area contributed by atoms with E-state index in [1.807, 2.05) is 0 Å². The number of nitrogens with zero attached hydrogens (tertiary/aromatic N) is 1. The van der Waals surface area contributed by atoms with Crippen LogP contribution in [-0.2, 0) is 4.79 Å². The van der Waals surface area contributed by atoms with Gasteiger partial charge < -0.3 is 10.6 Å². The van der Waals surface area contributed by atoms with Crippen molar-refractivity contribution in [1.82, 2.24) is 4.90 Å². The molecule has 3 nitrogen and oxygen atoms in total. The Balaban J connectivity index is 1.49. The monoisotopic (exact) mass is 290 g/mol. The van der Waals surface area contributed by atoms with Crippen molar-refractivity contribution in [3.8, 4) is 0 Å². The first kappa shape index (κ1) is 14.0. The number of carbonyl (C=O) groups is 1. The van der Waals surface area contributed by atoms with Gasteiger partial charge >= 0.3 is 0 Å². The average molecular weight is 290 g/mol. The number of hydrogen-bond donors (Lipinski definition) is 1. The first-order valence-corrected chi connectivity index (χ1v) is 9.26. The summed E-state index contributed by atoms with van der Waals surface area (Å²) in [5, 5.41) is 0. The second kappa shape index (κ2) is 5.57. The molecule has 0 radical (unpaired) electrons. The van der Waals surface area contributed by atoms with Gasteiger partial charge in [0.1, 0.15) is 0 Å². The molecule has 0 saturated heterocycles. The van der Waals surface area contributed by atoms with Crippen LogP contribution in [0.5, 0.6) is 0 Å². The van der Waals surface area contributed by atoms with Gasteiger partial charge in [0.05, 0.1) is 0 Å². The summed E-state index contributed by atoms with van der Waals surface area (Å²) in [6.07, 6.45) is 11.6. The molecule has 4 bridgehead atoms. The van der Waals surface area contributed by atoms with Crippen LogP contribution in [0.25, 0.3) is 0 Å². The van der Waals surface area contributed by atoms with Gasteiger partial charge in [-0.3, -0.25) is 4.79 Å². The molecule has 5 rings (SSSR count). The van der Waals surface area contributed by atoms with Crippen molar-refractivity contribution < 1.29 is 4.79 Å². The highest BCUT2D eigenvalue weighted by Crippen LogP contribution is 2.57. The first-order chi connectivity index (χ1) is 10.3. The quantitative estimate of drug-likeness (QED) is 0.846. The fourth-order valence-electron chi connectivity index (χ4n) is 5.95. The van der Waals surface area contributed by atoms with Crippen molar-refractivity contribution in [1.29, 1.82) is 0 Å². The highest BCUT2D eigenvalue weighted by Gasteiger charge is 2.52. The Hall–Kier alpha value is -0.570. The van der Waals surface area contributed by atoms with Crippen LogP contribution >= 0.6 is 0 Å². The standard InChI is InChI=1S/C18H30N2O/c19-5-2-6-20(16-3-1-4-16)18(21)17-14-8-12-7-13(10-14)11-15(17)9-12/h12-17H,1-11,19H2. The van der Waals surface area contributed by atoms with Crippen molar-refractivity contribution >= 4 is 5.91 Å². The molecule has 0 aromatic carbocycles. The highest BCUT2D eigenvalue weighted by atomic mass is 16.2. The van der Waals surface area contributed by atoms with Crippen LogP contribution in [0.4, 0.5) is 0 Å². The zero-order valence-electron chi connectivity index (χ0n) is 13.2. The Morgan fingerprint density at radius 1 is 1.00 bits per heavy atom. The number of carbonyl (C=O) groups excluding carboxylic acids is 1. The molecule has 0 aliphatic heterocycles. The van der Waals surface area contributed by atoms with Crippen LogP contribution in [-0.4, -0.2) is 29.9 Å². The van der Waals surface area contributed by atoms with E-state index < -0.39 is 0 Å². The smallest absolute Gasteiger partial charge is 0.226 e. The summed E-state index contributed by atoms with van der Waals surface area (Å²) >= 11 is 0. The molecule has 5 aliphatic carbocycles. The van der Waals surface area contributed by atoms with Gasteiger partial charge in [-0.1, -0.05) is 0 Å². The van der Waals surface area contributed by atoms with Crippen molar-refractivity contribution in [2.75, 3.05) is 13.1 Å². The molecule has 0 aromatic rings. The largest absolute Gasteiger partial charge is 0.339 e. The van der Waals surface area contributed by atoms with Crippen molar-refractivity contribution in [2.24, 2.45) is 35.3 Å². The lowest BCUT2D eigenvalue weighted by atomic mass is 9.51. The highest BCUT2D eigenvalue weighted by molar-refractivity contribution is 5.80. The third-order valence-electron chi connectivity index (χ3n) is 6.91. The summed E-state index contributed by atoms with van der Waals surface area (Å²) in [5.41, 5.74) is 5.69. The van der Waals surface area contributed by atoms with Gasteiger partial charge in [-0.25, -0.2) is 0 Å². The number of hydrogen-bond acceptors (Lipinski definition) is 2. The summed E-state index contributed by atoms with van der Waals surface area (Å²) in [4.78, 5) is 15.5. The van der Waals surface area contributed by atoms with E-state index in [0.29, 0.717) is 36.2 Å². The van der Waals surface area contributed by atoms with Gasteiger partial charge in [0.15, 0.2) is 0 Å². The maximum atomic E-state index is 13.3. The summed E-state index contributed by atoms with van der Waals surface area (Å²) < 4.78 is 0. The van der Waals surface area contributed by atoms with Gasteiger partial charge in [-0.05, 0) is 88.0 Å². The lowest BCUT2D eigenvalue weighted by Crippen LogP contribution is -2.55. The Morgan fingerprint density at radius 3 is 2.10 bits per heavy atom. The minimum atomic E-state index is 0.371. The number of rotatable bonds is 5. The zero-order chi connectivity index (χ0) is 14.4. The van der Waals surface area contributed by atoms with E-state index in [9.17, 15) is 4.79 Å². The molecule has 118 valence electrons.